The lowest BCUT2D eigenvalue weighted by atomic mass is 10.2. The van der Waals surface area contributed by atoms with E-state index in [0.29, 0.717) is 11.7 Å². The van der Waals surface area contributed by atoms with Crippen molar-refractivity contribution in [2.45, 2.75) is 51.6 Å². The van der Waals surface area contributed by atoms with Gasteiger partial charge in [0, 0.05) is 12.6 Å². The molecule has 0 amide bonds. The molecule has 1 aliphatic carbocycles. The molecule has 0 spiro atoms. The molecule has 102 valence electrons. The lowest BCUT2D eigenvalue weighted by Gasteiger charge is -2.14. The summed E-state index contributed by atoms with van der Waals surface area (Å²) in [4.78, 5) is 12.9. The lowest BCUT2D eigenvalue weighted by Crippen LogP contribution is -2.17. The minimum atomic E-state index is 0.259. The number of fused-ring (bicyclic) bond motifs is 1. The van der Waals surface area contributed by atoms with Crippen molar-refractivity contribution in [3.63, 3.8) is 0 Å². The SMILES string of the molecule is CCCn1cnc2nc(Cl)nc(NC3CCCC3)c21. The number of imidazole rings is 1. The number of halogens is 1. The van der Waals surface area contributed by atoms with Crippen molar-refractivity contribution in [3.8, 4) is 0 Å². The molecule has 3 rings (SSSR count). The topological polar surface area (TPSA) is 55.6 Å². The largest absolute Gasteiger partial charge is 0.365 e. The number of hydrogen-bond acceptors (Lipinski definition) is 4. The van der Waals surface area contributed by atoms with Crippen LogP contribution in [0.4, 0.5) is 5.82 Å². The van der Waals surface area contributed by atoms with Crippen LogP contribution in [0.15, 0.2) is 6.33 Å². The Labute approximate surface area is 117 Å². The van der Waals surface area contributed by atoms with Crippen LogP contribution in [0.2, 0.25) is 5.28 Å². The molecule has 0 aliphatic heterocycles. The summed E-state index contributed by atoms with van der Waals surface area (Å²) in [6.07, 6.45) is 7.84. The van der Waals surface area contributed by atoms with Crippen LogP contribution in [0.1, 0.15) is 39.0 Å². The van der Waals surface area contributed by atoms with Crippen molar-refractivity contribution in [2.75, 3.05) is 5.32 Å². The van der Waals surface area contributed by atoms with Crippen LogP contribution in [0.25, 0.3) is 11.2 Å². The Hall–Kier alpha value is -1.36. The number of nitrogens with zero attached hydrogens (tertiary/aromatic N) is 4. The molecule has 2 aromatic heterocycles. The van der Waals surface area contributed by atoms with Gasteiger partial charge in [0.25, 0.3) is 0 Å². The van der Waals surface area contributed by atoms with Crippen LogP contribution in [-0.4, -0.2) is 25.6 Å². The van der Waals surface area contributed by atoms with Gasteiger partial charge in [0.15, 0.2) is 11.5 Å². The highest BCUT2D eigenvalue weighted by molar-refractivity contribution is 6.28. The third kappa shape index (κ3) is 2.52. The lowest BCUT2D eigenvalue weighted by molar-refractivity contribution is 0.694. The van der Waals surface area contributed by atoms with Crippen molar-refractivity contribution < 1.29 is 0 Å². The first-order valence-corrected chi connectivity index (χ1v) is 7.30. The molecule has 1 saturated carbocycles. The van der Waals surface area contributed by atoms with Gasteiger partial charge in [0.1, 0.15) is 5.52 Å². The first kappa shape index (κ1) is 12.7. The molecular formula is C13H18ClN5. The second-order valence-corrected chi connectivity index (χ2v) is 5.42. The fourth-order valence-electron chi connectivity index (χ4n) is 2.73. The zero-order chi connectivity index (χ0) is 13.2. The van der Waals surface area contributed by atoms with E-state index in [1.165, 1.54) is 25.7 Å². The van der Waals surface area contributed by atoms with Crippen LogP contribution >= 0.6 is 11.6 Å². The number of hydrogen-bond donors (Lipinski definition) is 1. The van der Waals surface area contributed by atoms with Crippen LogP contribution < -0.4 is 5.32 Å². The first-order valence-electron chi connectivity index (χ1n) is 6.93. The summed E-state index contributed by atoms with van der Waals surface area (Å²) < 4.78 is 2.10. The maximum Gasteiger partial charge on any atom is 0.226 e. The number of nitrogens with one attached hydrogen (secondary N) is 1. The summed E-state index contributed by atoms with van der Waals surface area (Å²) in [6.45, 7) is 3.06. The molecule has 6 heteroatoms. The number of aromatic nitrogens is 4. The molecule has 1 N–H and O–H groups in total. The average molecular weight is 280 g/mol. The van der Waals surface area contributed by atoms with E-state index in [-0.39, 0.29) is 5.28 Å². The van der Waals surface area contributed by atoms with Gasteiger partial charge in [0.05, 0.1) is 6.33 Å². The number of aryl methyl sites for hydroxylation is 1. The zero-order valence-corrected chi connectivity index (χ0v) is 11.8. The van der Waals surface area contributed by atoms with E-state index in [1.54, 1.807) is 0 Å². The Morgan fingerprint density at radius 3 is 2.89 bits per heavy atom. The van der Waals surface area contributed by atoms with Gasteiger partial charge in [0.2, 0.25) is 5.28 Å². The standard InChI is InChI=1S/C13H18ClN5/c1-2-7-19-8-15-11-10(19)12(18-13(14)17-11)16-9-5-3-4-6-9/h8-9H,2-7H2,1H3,(H,16,17,18). The molecule has 2 heterocycles. The highest BCUT2D eigenvalue weighted by Gasteiger charge is 2.19. The molecule has 5 nitrogen and oxygen atoms in total. The Kier molecular flexibility index (Phi) is 3.55. The highest BCUT2D eigenvalue weighted by atomic mass is 35.5. The van der Waals surface area contributed by atoms with Gasteiger partial charge in [-0.1, -0.05) is 19.8 Å². The molecular weight excluding hydrogens is 262 g/mol. The predicted octanol–water partition coefficient (Wildman–Crippen LogP) is 3.24. The monoisotopic (exact) mass is 279 g/mol. The Morgan fingerprint density at radius 2 is 2.16 bits per heavy atom. The van der Waals surface area contributed by atoms with E-state index < -0.39 is 0 Å². The number of rotatable bonds is 4. The smallest absolute Gasteiger partial charge is 0.226 e. The van der Waals surface area contributed by atoms with Crippen molar-refractivity contribution in [3.05, 3.63) is 11.6 Å². The Balaban J connectivity index is 2.01. The van der Waals surface area contributed by atoms with Gasteiger partial charge in [-0.25, -0.2) is 4.98 Å². The van der Waals surface area contributed by atoms with Crippen molar-refractivity contribution in [1.29, 1.82) is 0 Å². The number of anilines is 1. The molecule has 1 fully saturated rings. The molecule has 0 saturated heterocycles. The fourth-order valence-corrected chi connectivity index (χ4v) is 2.89. The van der Waals surface area contributed by atoms with E-state index in [2.05, 4.69) is 31.8 Å². The van der Waals surface area contributed by atoms with Crippen LogP contribution in [-0.2, 0) is 6.54 Å². The van der Waals surface area contributed by atoms with Crippen molar-refractivity contribution in [2.24, 2.45) is 0 Å². The van der Waals surface area contributed by atoms with Gasteiger partial charge < -0.3 is 9.88 Å². The van der Waals surface area contributed by atoms with Crippen molar-refractivity contribution >= 4 is 28.6 Å². The molecule has 0 atom stereocenters. The molecule has 19 heavy (non-hydrogen) atoms. The van der Waals surface area contributed by atoms with Gasteiger partial charge >= 0.3 is 0 Å². The molecule has 0 bridgehead atoms. The molecule has 2 aromatic rings. The minimum absolute atomic E-state index is 0.259. The van der Waals surface area contributed by atoms with E-state index >= 15 is 0 Å². The van der Waals surface area contributed by atoms with Crippen LogP contribution in [0.5, 0.6) is 0 Å². The van der Waals surface area contributed by atoms with E-state index in [1.807, 2.05) is 6.33 Å². The van der Waals surface area contributed by atoms with Gasteiger partial charge in [-0.3, -0.25) is 0 Å². The summed E-state index contributed by atoms with van der Waals surface area (Å²) in [5.41, 5.74) is 1.65. The Morgan fingerprint density at radius 1 is 1.37 bits per heavy atom. The molecule has 0 radical (unpaired) electrons. The van der Waals surface area contributed by atoms with Gasteiger partial charge in [-0.15, -0.1) is 0 Å². The zero-order valence-electron chi connectivity index (χ0n) is 11.1. The second kappa shape index (κ2) is 5.33. The summed E-state index contributed by atoms with van der Waals surface area (Å²) in [7, 11) is 0. The van der Waals surface area contributed by atoms with Crippen LogP contribution in [0, 0.1) is 0 Å². The summed E-state index contributed by atoms with van der Waals surface area (Å²) in [6, 6.07) is 0.499. The average Bonchev–Trinajstić information content (AvgIpc) is 3.00. The second-order valence-electron chi connectivity index (χ2n) is 5.08. The maximum atomic E-state index is 5.98. The van der Waals surface area contributed by atoms with E-state index in [9.17, 15) is 0 Å². The maximum absolute atomic E-state index is 5.98. The Bertz CT molecular complexity index is 574. The predicted molar refractivity (Wildman–Crippen MR) is 76.5 cm³/mol. The van der Waals surface area contributed by atoms with Crippen molar-refractivity contribution in [1.82, 2.24) is 19.5 Å². The third-order valence-corrected chi connectivity index (χ3v) is 3.77. The van der Waals surface area contributed by atoms with Gasteiger partial charge in [-0.2, -0.15) is 9.97 Å². The van der Waals surface area contributed by atoms with Crippen LogP contribution in [0.3, 0.4) is 0 Å². The molecule has 1 aliphatic rings. The molecule has 0 aromatic carbocycles. The van der Waals surface area contributed by atoms with E-state index in [0.717, 1.165) is 24.3 Å². The highest BCUT2D eigenvalue weighted by Crippen LogP contribution is 2.26. The van der Waals surface area contributed by atoms with Gasteiger partial charge in [-0.05, 0) is 30.9 Å². The van der Waals surface area contributed by atoms with E-state index in [4.69, 9.17) is 11.6 Å². The first-order chi connectivity index (χ1) is 9.28. The fraction of sp³-hybridized carbons (Fsp3) is 0.615. The minimum Gasteiger partial charge on any atom is -0.365 e. The summed E-state index contributed by atoms with van der Waals surface area (Å²) in [5, 5.41) is 3.77. The normalized spacial score (nSPS) is 16.3. The molecule has 0 unspecified atom stereocenters. The summed E-state index contributed by atoms with van der Waals surface area (Å²) >= 11 is 5.98. The quantitative estimate of drug-likeness (QED) is 0.873. The third-order valence-electron chi connectivity index (χ3n) is 3.61. The summed E-state index contributed by atoms with van der Waals surface area (Å²) in [5.74, 6) is 0.827.